The van der Waals surface area contributed by atoms with E-state index in [0.717, 1.165) is 12.8 Å². The molecule has 1 aliphatic carbocycles. The minimum absolute atomic E-state index is 0.0474. The highest BCUT2D eigenvalue weighted by Gasteiger charge is 2.34. The van der Waals surface area contributed by atoms with Crippen LogP contribution in [0.15, 0.2) is 16.9 Å². The molecule has 1 aromatic heterocycles. The summed E-state index contributed by atoms with van der Waals surface area (Å²) in [6, 6.07) is 1.14. The number of hydrogen-bond acceptors (Lipinski definition) is 4. The predicted molar refractivity (Wildman–Crippen MR) is 52.7 cm³/mol. The number of carbonyl (C=O) groups excluding carboxylic acids is 1. The van der Waals surface area contributed by atoms with E-state index in [9.17, 15) is 9.59 Å². The fourth-order valence-electron chi connectivity index (χ4n) is 1.59. The molecule has 6 heteroatoms. The van der Waals surface area contributed by atoms with Gasteiger partial charge in [0.1, 0.15) is 6.26 Å². The molecule has 1 unspecified atom stereocenters. The standard InChI is InChI=1S/C10H12N2O4/c13-9(14)5-8(6-1-2-6)11-10(15)7-3-4-16-12-7/h3-4,6,8H,1-2,5H2,(H,11,15)(H,13,14). The SMILES string of the molecule is O=C(O)CC(NC(=O)c1ccon1)C1CC1. The van der Waals surface area contributed by atoms with Crippen molar-refractivity contribution in [1.82, 2.24) is 10.5 Å². The Hall–Kier alpha value is -1.85. The second-order valence-corrected chi connectivity index (χ2v) is 3.90. The molecule has 2 rings (SSSR count). The quantitative estimate of drug-likeness (QED) is 0.766. The molecular weight excluding hydrogens is 212 g/mol. The summed E-state index contributed by atoms with van der Waals surface area (Å²) in [4.78, 5) is 22.2. The van der Waals surface area contributed by atoms with Gasteiger partial charge in [-0.05, 0) is 18.8 Å². The average Bonchev–Trinajstić information content (AvgIpc) is 2.91. The van der Waals surface area contributed by atoms with Crippen molar-refractivity contribution in [2.24, 2.45) is 5.92 Å². The summed E-state index contributed by atoms with van der Waals surface area (Å²) in [6.45, 7) is 0. The van der Waals surface area contributed by atoms with Gasteiger partial charge in [0.15, 0.2) is 5.69 Å². The van der Waals surface area contributed by atoms with Crippen molar-refractivity contribution in [2.45, 2.75) is 25.3 Å². The highest BCUT2D eigenvalue weighted by atomic mass is 16.5. The third-order valence-electron chi connectivity index (χ3n) is 2.57. The van der Waals surface area contributed by atoms with E-state index in [-0.39, 0.29) is 30.0 Å². The van der Waals surface area contributed by atoms with Crippen molar-refractivity contribution in [3.05, 3.63) is 18.0 Å². The van der Waals surface area contributed by atoms with Crippen LogP contribution < -0.4 is 5.32 Å². The highest BCUT2D eigenvalue weighted by molar-refractivity contribution is 5.92. The number of nitrogens with one attached hydrogen (secondary N) is 1. The smallest absolute Gasteiger partial charge is 0.305 e. The van der Waals surface area contributed by atoms with Gasteiger partial charge >= 0.3 is 5.97 Å². The van der Waals surface area contributed by atoms with Crippen LogP contribution in [0.1, 0.15) is 29.8 Å². The molecular formula is C10H12N2O4. The Labute approximate surface area is 91.6 Å². The summed E-state index contributed by atoms with van der Waals surface area (Å²) >= 11 is 0. The lowest BCUT2D eigenvalue weighted by molar-refractivity contribution is -0.137. The molecule has 6 nitrogen and oxygen atoms in total. The normalized spacial score (nSPS) is 16.8. The largest absolute Gasteiger partial charge is 0.481 e. The topological polar surface area (TPSA) is 92.4 Å². The van der Waals surface area contributed by atoms with Crippen LogP contribution in [0.2, 0.25) is 0 Å². The molecule has 0 bridgehead atoms. The van der Waals surface area contributed by atoms with E-state index in [1.165, 1.54) is 12.3 Å². The molecule has 16 heavy (non-hydrogen) atoms. The van der Waals surface area contributed by atoms with Crippen LogP contribution in [0.25, 0.3) is 0 Å². The lowest BCUT2D eigenvalue weighted by atomic mass is 10.1. The van der Waals surface area contributed by atoms with Crippen LogP contribution in [-0.2, 0) is 4.79 Å². The second-order valence-electron chi connectivity index (χ2n) is 3.90. The molecule has 1 fully saturated rings. The van der Waals surface area contributed by atoms with Crippen molar-refractivity contribution in [1.29, 1.82) is 0 Å². The van der Waals surface area contributed by atoms with E-state index in [0.29, 0.717) is 0 Å². The zero-order valence-electron chi connectivity index (χ0n) is 8.55. The molecule has 1 aromatic rings. The summed E-state index contributed by atoms with van der Waals surface area (Å²) in [5, 5.41) is 14.9. The number of carboxylic acids is 1. The minimum atomic E-state index is -0.905. The molecule has 1 saturated carbocycles. The summed E-state index contributed by atoms with van der Waals surface area (Å²) in [5.41, 5.74) is 0.177. The zero-order valence-corrected chi connectivity index (χ0v) is 8.55. The third-order valence-corrected chi connectivity index (χ3v) is 2.57. The number of nitrogens with zero attached hydrogens (tertiary/aromatic N) is 1. The average molecular weight is 224 g/mol. The van der Waals surface area contributed by atoms with E-state index in [4.69, 9.17) is 5.11 Å². The molecule has 0 aromatic carbocycles. The van der Waals surface area contributed by atoms with Crippen molar-refractivity contribution < 1.29 is 19.2 Å². The first-order valence-electron chi connectivity index (χ1n) is 5.10. The summed E-state index contributed by atoms with van der Waals surface area (Å²) in [5.74, 6) is -1.00. The van der Waals surface area contributed by atoms with Crippen molar-refractivity contribution in [3.63, 3.8) is 0 Å². The highest BCUT2D eigenvalue weighted by Crippen LogP contribution is 2.34. The number of carbonyl (C=O) groups is 2. The van der Waals surface area contributed by atoms with E-state index < -0.39 is 5.97 Å². The van der Waals surface area contributed by atoms with Gasteiger partial charge in [-0.1, -0.05) is 5.16 Å². The van der Waals surface area contributed by atoms with Crippen molar-refractivity contribution >= 4 is 11.9 Å². The van der Waals surface area contributed by atoms with Gasteiger partial charge in [-0.2, -0.15) is 0 Å². The zero-order chi connectivity index (χ0) is 11.5. The molecule has 1 heterocycles. The third kappa shape index (κ3) is 2.59. The monoisotopic (exact) mass is 224 g/mol. The predicted octanol–water partition coefficient (Wildman–Crippen LogP) is 0.658. The van der Waals surface area contributed by atoms with E-state index in [1.54, 1.807) is 0 Å². The number of amides is 1. The Bertz CT molecular complexity index is 384. The van der Waals surface area contributed by atoms with Crippen LogP contribution in [-0.4, -0.2) is 28.2 Å². The van der Waals surface area contributed by atoms with Crippen molar-refractivity contribution in [2.75, 3.05) is 0 Å². The summed E-state index contributed by atoms with van der Waals surface area (Å²) in [7, 11) is 0. The van der Waals surface area contributed by atoms with E-state index in [1.807, 2.05) is 0 Å². The Morgan fingerprint density at radius 2 is 2.38 bits per heavy atom. The molecule has 1 aliphatic rings. The maximum atomic E-state index is 11.6. The summed E-state index contributed by atoms with van der Waals surface area (Å²) < 4.78 is 4.55. The lowest BCUT2D eigenvalue weighted by Crippen LogP contribution is -2.38. The molecule has 2 N–H and O–H groups in total. The molecule has 86 valence electrons. The number of carboxylic acid groups (broad SMARTS) is 1. The Morgan fingerprint density at radius 1 is 1.62 bits per heavy atom. The van der Waals surface area contributed by atoms with Gasteiger partial charge in [0.05, 0.1) is 6.42 Å². The Balaban J connectivity index is 1.95. The maximum Gasteiger partial charge on any atom is 0.305 e. The van der Waals surface area contributed by atoms with E-state index >= 15 is 0 Å². The van der Waals surface area contributed by atoms with E-state index in [2.05, 4.69) is 15.0 Å². The number of rotatable bonds is 5. The number of aromatic nitrogens is 1. The lowest BCUT2D eigenvalue weighted by Gasteiger charge is -2.14. The fourth-order valence-corrected chi connectivity index (χ4v) is 1.59. The second kappa shape index (κ2) is 4.34. The van der Waals surface area contributed by atoms with Gasteiger partial charge in [0.25, 0.3) is 5.91 Å². The molecule has 0 spiro atoms. The Morgan fingerprint density at radius 3 is 2.88 bits per heavy atom. The molecule has 0 saturated heterocycles. The molecule has 0 aliphatic heterocycles. The van der Waals surface area contributed by atoms with Gasteiger partial charge in [-0.3, -0.25) is 9.59 Å². The number of hydrogen-bond donors (Lipinski definition) is 2. The van der Waals surface area contributed by atoms with Crippen molar-refractivity contribution in [3.8, 4) is 0 Å². The van der Waals surface area contributed by atoms with Gasteiger partial charge in [-0.25, -0.2) is 0 Å². The van der Waals surface area contributed by atoms with Crippen LogP contribution in [0.3, 0.4) is 0 Å². The molecule has 0 radical (unpaired) electrons. The van der Waals surface area contributed by atoms with Gasteiger partial charge < -0.3 is 14.9 Å². The van der Waals surface area contributed by atoms with Gasteiger partial charge in [0.2, 0.25) is 0 Å². The van der Waals surface area contributed by atoms with Crippen LogP contribution in [0.4, 0.5) is 0 Å². The Kier molecular flexibility index (Phi) is 2.89. The maximum absolute atomic E-state index is 11.6. The first kappa shape index (κ1) is 10.7. The first-order chi connectivity index (χ1) is 7.66. The van der Waals surface area contributed by atoms with Crippen LogP contribution in [0.5, 0.6) is 0 Å². The number of aliphatic carboxylic acids is 1. The van der Waals surface area contributed by atoms with Gasteiger partial charge in [-0.15, -0.1) is 0 Å². The summed E-state index contributed by atoms with van der Waals surface area (Å²) in [6.07, 6.45) is 3.20. The fraction of sp³-hybridized carbons (Fsp3) is 0.500. The first-order valence-corrected chi connectivity index (χ1v) is 5.10. The van der Waals surface area contributed by atoms with Crippen LogP contribution in [0, 0.1) is 5.92 Å². The van der Waals surface area contributed by atoms with Crippen LogP contribution >= 0.6 is 0 Å². The minimum Gasteiger partial charge on any atom is -0.481 e. The molecule has 1 amide bonds. The molecule has 1 atom stereocenters. The van der Waals surface area contributed by atoms with Gasteiger partial charge in [0, 0.05) is 12.1 Å².